The lowest BCUT2D eigenvalue weighted by Crippen LogP contribution is -2.36. The highest BCUT2D eigenvalue weighted by Crippen LogP contribution is 2.39. The molecule has 2 heterocycles. The molecule has 0 aliphatic carbocycles. The zero-order valence-corrected chi connectivity index (χ0v) is 22.6. The predicted molar refractivity (Wildman–Crippen MR) is 147 cm³/mol. The third-order valence-electron chi connectivity index (χ3n) is 6.79. The van der Waals surface area contributed by atoms with Crippen LogP contribution in [0.4, 0.5) is 18.9 Å². The van der Waals surface area contributed by atoms with E-state index in [1.165, 1.54) is 12.1 Å². The van der Waals surface area contributed by atoms with E-state index in [1.54, 1.807) is 55.8 Å². The molecule has 0 unspecified atom stereocenters. The first kappa shape index (κ1) is 28.3. The van der Waals surface area contributed by atoms with Gasteiger partial charge in [0.1, 0.15) is 17.6 Å². The van der Waals surface area contributed by atoms with Crippen molar-refractivity contribution in [1.29, 1.82) is 0 Å². The first-order valence-corrected chi connectivity index (χ1v) is 13.1. The second kappa shape index (κ2) is 12.1. The summed E-state index contributed by atoms with van der Waals surface area (Å²) in [5, 5.41) is 3.90. The zero-order chi connectivity index (χ0) is 29.0. The van der Waals surface area contributed by atoms with Gasteiger partial charge in [0.15, 0.2) is 0 Å². The first-order valence-electron chi connectivity index (χ1n) is 13.1. The van der Waals surface area contributed by atoms with Crippen LogP contribution in [0, 0.1) is 0 Å². The average Bonchev–Trinajstić information content (AvgIpc) is 2.94. The number of carbonyl (C=O) groups excluding carboxylic acids is 1. The minimum absolute atomic E-state index is 0.0168. The van der Waals surface area contributed by atoms with Crippen molar-refractivity contribution in [2.45, 2.75) is 31.7 Å². The number of ether oxygens (including phenoxy) is 3. The fraction of sp³-hybridized carbons (Fsp3) is 0.300. The van der Waals surface area contributed by atoms with Crippen LogP contribution in [0.5, 0.6) is 17.5 Å². The number of halogens is 3. The van der Waals surface area contributed by atoms with E-state index >= 15 is 0 Å². The minimum Gasteiger partial charge on any atom is -0.490 e. The van der Waals surface area contributed by atoms with E-state index in [2.05, 4.69) is 20.2 Å². The number of anilines is 1. The summed E-state index contributed by atoms with van der Waals surface area (Å²) < 4.78 is 58.4. The van der Waals surface area contributed by atoms with Gasteiger partial charge in [0.2, 0.25) is 0 Å². The van der Waals surface area contributed by atoms with Gasteiger partial charge in [-0.2, -0.15) is 18.2 Å². The third-order valence-corrected chi connectivity index (χ3v) is 6.79. The topological polar surface area (TPSA) is 85.8 Å². The number of rotatable bonds is 8. The molecule has 3 aromatic carbocycles. The highest BCUT2D eigenvalue weighted by Gasteiger charge is 2.36. The molecule has 1 aliphatic rings. The van der Waals surface area contributed by atoms with E-state index in [1.807, 2.05) is 7.05 Å². The van der Waals surface area contributed by atoms with Crippen molar-refractivity contribution in [2.75, 3.05) is 32.6 Å². The fourth-order valence-corrected chi connectivity index (χ4v) is 4.69. The van der Waals surface area contributed by atoms with Gasteiger partial charge in [-0.3, -0.25) is 4.79 Å². The standard InChI is InChI=1S/C30H29F3N4O4/c1-37-14-11-22(12-15-37)40-27-9-6-20(17-26(27)30(31,32)33)35-28(38)25-5-3-4-19-16-23(7-8-24(19)25)41-29-34-13-10-21(36-29)18-39-2/h3-10,13,16-17,22H,11-12,14-15,18H2,1-2H3,(H,35,38). The van der Waals surface area contributed by atoms with E-state index in [4.69, 9.17) is 14.2 Å². The summed E-state index contributed by atoms with van der Waals surface area (Å²) in [6.45, 7) is 1.83. The van der Waals surface area contributed by atoms with Crippen LogP contribution in [0.15, 0.2) is 66.9 Å². The number of carbonyl (C=O) groups is 1. The summed E-state index contributed by atoms with van der Waals surface area (Å²) in [6.07, 6.45) is -2.08. The van der Waals surface area contributed by atoms with Gasteiger partial charge in [0, 0.05) is 37.6 Å². The van der Waals surface area contributed by atoms with E-state index in [9.17, 15) is 18.0 Å². The van der Waals surface area contributed by atoms with Crippen molar-refractivity contribution in [2.24, 2.45) is 0 Å². The highest BCUT2D eigenvalue weighted by atomic mass is 19.4. The van der Waals surface area contributed by atoms with Gasteiger partial charge >= 0.3 is 12.2 Å². The van der Waals surface area contributed by atoms with Gasteiger partial charge < -0.3 is 24.4 Å². The van der Waals surface area contributed by atoms with Crippen LogP contribution in [0.1, 0.15) is 34.5 Å². The first-order chi connectivity index (χ1) is 19.7. The lowest BCUT2D eigenvalue weighted by Gasteiger charge is -2.30. The number of amides is 1. The molecule has 0 atom stereocenters. The summed E-state index contributed by atoms with van der Waals surface area (Å²) in [7, 11) is 3.53. The van der Waals surface area contributed by atoms with Crippen LogP contribution in [0.3, 0.4) is 0 Å². The Labute approximate surface area is 235 Å². The van der Waals surface area contributed by atoms with Crippen LogP contribution >= 0.6 is 0 Å². The van der Waals surface area contributed by atoms with Gasteiger partial charge in [0.25, 0.3) is 5.91 Å². The number of fused-ring (bicyclic) bond motifs is 1. The normalized spacial score (nSPS) is 14.7. The number of nitrogens with one attached hydrogen (secondary N) is 1. The van der Waals surface area contributed by atoms with Gasteiger partial charge in [-0.05, 0) is 79.2 Å². The van der Waals surface area contributed by atoms with Gasteiger partial charge in [-0.15, -0.1) is 0 Å². The Kier molecular flexibility index (Phi) is 8.36. The highest BCUT2D eigenvalue weighted by molar-refractivity contribution is 6.13. The second-order valence-electron chi connectivity index (χ2n) is 9.84. The molecule has 1 aromatic heterocycles. The van der Waals surface area contributed by atoms with Crippen molar-refractivity contribution in [3.63, 3.8) is 0 Å². The SMILES string of the molecule is COCc1ccnc(Oc2ccc3c(C(=O)Nc4ccc(OC5CCN(C)CC5)c(C(F)(F)F)c4)cccc3c2)n1. The predicted octanol–water partition coefficient (Wildman–Crippen LogP) is 6.31. The van der Waals surface area contributed by atoms with Crippen molar-refractivity contribution >= 4 is 22.4 Å². The molecule has 11 heteroatoms. The number of likely N-dealkylation sites (tertiary alicyclic amines) is 1. The number of aromatic nitrogens is 2. The van der Waals surface area contributed by atoms with Crippen LogP contribution in [0.25, 0.3) is 10.8 Å². The van der Waals surface area contributed by atoms with Crippen molar-refractivity contribution in [3.05, 3.63) is 83.7 Å². The zero-order valence-electron chi connectivity index (χ0n) is 22.6. The number of hydrogen-bond acceptors (Lipinski definition) is 7. The Bertz CT molecular complexity index is 1540. The number of alkyl halides is 3. The molecule has 214 valence electrons. The van der Waals surface area contributed by atoms with E-state index in [0.717, 1.165) is 19.2 Å². The summed E-state index contributed by atoms with van der Waals surface area (Å²) in [5.41, 5.74) is 0.0498. The summed E-state index contributed by atoms with van der Waals surface area (Å²) in [5.74, 6) is -0.323. The quantitative estimate of drug-likeness (QED) is 0.267. The number of nitrogens with zero attached hydrogens (tertiary/aromatic N) is 3. The molecular weight excluding hydrogens is 537 g/mol. The number of piperidine rings is 1. The van der Waals surface area contributed by atoms with Gasteiger partial charge in [0.05, 0.1) is 17.9 Å². The third kappa shape index (κ3) is 6.93. The molecular formula is C30H29F3N4O4. The molecule has 4 aromatic rings. The van der Waals surface area contributed by atoms with Gasteiger partial charge in [-0.1, -0.05) is 12.1 Å². The molecule has 0 saturated carbocycles. The van der Waals surface area contributed by atoms with Crippen LogP contribution < -0.4 is 14.8 Å². The Morgan fingerprint density at radius 1 is 1.07 bits per heavy atom. The van der Waals surface area contributed by atoms with Crippen molar-refractivity contribution in [1.82, 2.24) is 14.9 Å². The van der Waals surface area contributed by atoms with Crippen molar-refractivity contribution < 1.29 is 32.2 Å². The molecule has 0 radical (unpaired) electrons. The molecule has 1 N–H and O–H groups in total. The second-order valence-corrected chi connectivity index (χ2v) is 9.84. The average molecular weight is 567 g/mol. The van der Waals surface area contributed by atoms with E-state index in [0.29, 0.717) is 47.2 Å². The molecule has 0 bridgehead atoms. The Balaban J connectivity index is 1.34. The van der Waals surface area contributed by atoms with Crippen LogP contribution in [-0.4, -0.2) is 54.1 Å². The number of methoxy groups -OCH3 is 1. The van der Waals surface area contributed by atoms with Crippen LogP contribution in [0.2, 0.25) is 0 Å². The maximum atomic E-state index is 13.9. The summed E-state index contributed by atoms with van der Waals surface area (Å²) in [6, 6.07) is 15.7. The molecule has 1 fully saturated rings. The molecule has 1 saturated heterocycles. The molecule has 41 heavy (non-hydrogen) atoms. The largest absolute Gasteiger partial charge is 0.490 e. The Morgan fingerprint density at radius 2 is 1.88 bits per heavy atom. The fourth-order valence-electron chi connectivity index (χ4n) is 4.69. The van der Waals surface area contributed by atoms with Gasteiger partial charge in [-0.25, -0.2) is 4.98 Å². The van der Waals surface area contributed by atoms with Crippen LogP contribution in [-0.2, 0) is 17.5 Å². The smallest absolute Gasteiger partial charge is 0.420 e. The molecule has 5 rings (SSSR count). The molecule has 8 nitrogen and oxygen atoms in total. The molecule has 1 aliphatic heterocycles. The maximum Gasteiger partial charge on any atom is 0.420 e. The lowest BCUT2D eigenvalue weighted by atomic mass is 10.0. The summed E-state index contributed by atoms with van der Waals surface area (Å²) >= 11 is 0. The van der Waals surface area contributed by atoms with E-state index in [-0.39, 0.29) is 23.6 Å². The number of hydrogen-bond donors (Lipinski definition) is 1. The Hall–Kier alpha value is -4.22. The summed E-state index contributed by atoms with van der Waals surface area (Å²) in [4.78, 5) is 23.7. The number of benzene rings is 3. The molecule has 0 spiro atoms. The maximum absolute atomic E-state index is 13.9. The minimum atomic E-state index is -4.65. The van der Waals surface area contributed by atoms with Crippen molar-refractivity contribution in [3.8, 4) is 17.5 Å². The van der Waals surface area contributed by atoms with E-state index < -0.39 is 17.6 Å². The Morgan fingerprint density at radius 3 is 2.63 bits per heavy atom. The monoisotopic (exact) mass is 566 g/mol. The molecule has 1 amide bonds. The lowest BCUT2D eigenvalue weighted by molar-refractivity contribution is -0.139.